The maximum absolute atomic E-state index is 13.1. The molecule has 6 rings (SSSR count). The average Bonchev–Trinajstić information content (AvgIpc) is 3.01. The molecule has 4 aromatic carbocycles. The Bertz CT molecular complexity index is 1830. The number of hydrogen-bond acceptors (Lipinski definition) is 10. The van der Waals surface area contributed by atoms with E-state index < -0.39 is 29.1 Å². The highest BCUT2D eigenvalue weighted by atomic mass is 16.6. The van der Waals surface area contributed by atoms with Gasteiger partial charge in [-0.15, -0.1) is 0 Å². The van der Waals surface area contributed by atoms with Gasteiger partial charge in [-0.05, 0) is 35.9 Å². The van der Waals surface area contributed by atoms with E-state index in [9.17, 15) is 25.2 Å². The van der Waals surface area contributed by atoms with Gasteiger partial charge in [-0.1, -0.05) is 36.4 Å². The zero-order valence-corrected chi connectivity index (χ0v) is 22.3. The first-order chi connectivity index (χ1) is 20.4. The van der Waals surface area contributed by atoms with E-state index in [2.05, 4.69) is 0 Å². The normalized spacial score (nSPS) is 15.9. The van der Waals surface area contributed by atoms with Gasteiger partial charge in [-0.2, -0.15) is 0 Å². The highest BCUT2D eigenvalue weighted by Crippen LogP contribution is 2.44. The van der Waals surface area contributed by atoms with E-state index in [-0.39, 0.29) is 52.9 Å². The number of phenolic OH excluding ortho intramolecular Hbond substituents is 2. The first-order valence-electron chi connectivity index (χ1n) is 13.0. The van der Waals surface area contributed by atoms with Gasteiger partial charge >= 0.3 is 0 Å². The molecule has 2 heterocycles. The smallest absolute Gasteiger partial charge is 0.238 e. The minimum Gasteiger partial charge on any atom is -0.507 e. The first-order valence-corrected chi connectivity index (χ1v) is 13.0. The fourth-order valence-electron chi connectivity index (χ4n) is 4.85. The number of phenols is 2. The van der Waals surface area contributed by atoms with E-state index in [1.165, 1.54) is 31.4 Å². The molecule has 0 amide bonds. The molecule has 0 radical (unpaired) electrons. The predicted octanol–water partition coefficient (Wildman–Crippen LogP) is 5.04. The van der Waals surface area contributed by atoms with Crippen molar-refractivity contribution in [3.05, 3.63) is 100 Å². The lowest BCUT2D eigenvalue weighted by atomic mass is 10.0. The second-order valence-corrected chi connectivity index (χ2v) is 9.67. The van der Waals surface area contributed by atoms with Gasteiger partial charge in [0.25, 0.3) is 0 Å². The SMILES string of the molecule is COc1cc(C2Oc3cc(-c4oc5cc(OCc6ccccc6)cc(O)c5c(=O)c4O)ccc3OC2CO)ccc1O. The highest BCUT2D eigenvalue weighted by molar-refractivity contribution is 5.88. The summed E-state index contributed by atoms with van der Waals surface area (Å²) in [4.78, 5) is 13.1. The summed E-state index contributed by atoms with van der Waals surface area (Å²) >= 11 is 0. The maximum Gasteiger partial charge on any atom is 0.238 e. The Kier molecular flexibility index (Phi) is 6.97. The van der Waals surface area contributed by atoms with Crippen LogP contribution in [-0.4, -0.2) is 40.2 Å². The van der Waals surface area contributed by atoms with Crippen LogP contribution in [0.5, 0.6) is 40.2 Å². The fourth-order valence-corrected chi connectivity index (χ4v) is 4.85. The number of aliphatic hydroxyl groups is 1. The number of hydrogen-bond donors (Lipinski definition) is 4. The summed E-state index contributed by atoms with van der Waals surface area (Å²) in [6.45, 7) is -0.125. The van der Waals surface area contributed by atoms with Crippen molar-refractivity contribution in [3.8, 4) is 51.6 Å². The molecule has 0 bridgehead atoms. The summed E-state index contributed by atoms with van der Waals surface area (Å²) in [5, 5.41) is 41.2. The molecule has 214 valence electrons. The van der Waals surface area contributed by atoms with E-state index in [4.69, 9.17) is 23.4 Å². The molecule has 4 N–H and O–H groups in total. The Morgan fingerprint density at radius 3 is 2.43 bits per heavy atom. The number of ether oxygens (including phenoxy) is 4. The summed E-state index contributed by atoms with van der Waals surface area (Å²) in [5.41, 5.74) is 0.989. The fraction of sp³-hybridized carbons (Fsp3) is 0.156. The Labute approximate surface area is 239 Å². The van der Waals surface area contributed by atoms with Crippen LogP contribution in [0.1, 0.15) is 17.2 Å². The molecule has 2 atom stereocenters. The van der Waals surface area contributed by atoms with Gasteiger partial charge in [0, 0.05) is 23.3 Å². The van der Waals surface area contributed by atoms with Crippen molar-refractivity contribution in [2.75, 3.05) is 13.7 Å². The Hall–Kier alpha value is -5.35. The summed E-state index contributed by atoms with van der Waals surface area (Å²) in [6.07, 6.45) is -1.53. The highest BCUT2D eigenvalue weighted by Gasteiger charge is 2.34. The minimum atomic E-state index is -0.817. The molecule has 1 aliphatic heterocycles. The van der Waals surface area contributed by atoms with Crippen LogP contribution in [-0.2, 0) is 6.61 Å². The number of aromatic hydroxyl groups is 3. The molecular formula is C32H26O10. The summed E-state index contributed by atoms with van der Waals surface area (Å²) < 4.78 is 29.1. The first kappa shape index (κ1) is 26.9. The molecule has 0 spiro atoms. The molecule has 10 nitrogen and oxygen atoms in total. The van der Waals surface area contributed by atoms with E-state index >= 15 is 0 Å². The zero-order chi connectivity index (χ0) is 29.4. The molecule has 42 heavy (non-hydrogen) atoms. The van der Waals surface area contributed by atoms with Crippen molar-refractivity contribution in [3.63, 3.8) is 0 Å². The average molecular weight is 571 g/mol. The quantitative estimate of drug-likeness (QED) is 0.210. The van der Waals surface area contributed by atoms with Crippen LogP contribution in [0.2, 0.25) is 0 Å². The van der Waals surface area contributed by atoms with E-state index in [0.29, 0.717) is 16.9 Å². The van der Waals surface area contributed by atoms with Crippen LogP contribution in [0.3, 0.4) is 0 Å². The third-order valence-corrected chi connectivity index (χ3v) is 6.96. The summed E-state index contributed by atoms with van der Waals surface area (Å²) in [7, 11) is 1.42. The second-order valence-electron chi connectivity index (χ2n) is 9.67. The summed E-state index contributed by atoms with van der Waals surface area (Å²) in [5.74, 6) is -0.196. The number of rotatable bonds is 7. The van der Waals surface area contributed by atoms with Crippen molar-refractivity contribution < 1.29 is 43.8 Å². The molecule has 0 saturated heterocycles. The molecule has 0 saturated carbocycles. The van der Waals surface area contributed by atoms with Crippen LogP contribution in [0.4, 0.5) is 0 Å². The van der Waals surface area contributed by atoms with Crippen molar-refractivity contribution in [2.24, 2.45) is 0 Å². The number of benzene rings is 4. The third-order valence-electron chi connectivity index (χ3n) is 6.96. The van der Waals surface area contributed by atoms with Crippen molar-refractivity contribution in [2.45, 2.75) is 18.8 Å². The zero-order valence-electron chi connectivity index (χ0n) is 22.3. The minimum absolute atomic E-state index is 0.0140. The van der Waals surface area contributed by atoms with Gasteiger partial charge in [-0.3, -0.25) is 4.79 Å². The van der Waals surface area contributed by atoms with Gasteiger partial charge in [0.1, 0.15) is 29.1 Å². The van der Waals surface area contributed by atoms with Gasteiger partial charge < -0.3 is 43.8 Å². The van der Waals surface area contributed by atoms with Crippen molar-refractivity contribution >= 4 is 11.0 Å². The Morgan fingerprint density at radius 1 is 0.857 bits per heavy atom. The van der Waals surface area contributed by atoms with Crippen molar-refractivity contribution in [1.29, 1.82) is 0 Å². The lowest BCUT2D eigenvalue weighted by Crippen LogP contribution is -2.36. The van der Waals surface area contributed by atoms with Crippen LogP contribution in [0.25, 0.3) is 22.3 Å². The van der Waals surface area contributed by atoms with Crippen LogP contribution in [0, 0.1) is 0 Å². The monoisotopic (exact) mass is 570 g/mol. The maximum atomic E-state index is 13.1. The second kappa shape index (κ2) is 10.9. The molecule has 1 aliphatic rings. The molecular weight excluding hydrogens is 544 g/mol. The number of fused-ring (bicyclic) bond motifs is 2. The third kappa shape index (κ3) is 4.88. The largest absolute Gasteiger partial charge is 0.507 e. The Balaban J connectivity index is 1.37. The lowest BCUT2D eigenvalue weighted by Gasteiger charge is -2.33. The molecule has 0 aliphatic carbocycles. The Morgan fingerprint density at radius 2 is 1.67 bits per heavy atom. The van der Waals surface area contributed by atoms with Crippen molar-refractivity contribution in [1.82, 2.24) is 0 Å². The predicted molar refractivity (Wildman–Crippen MR) is 152 cm³/mol. The number of methoxy groups -OCH3 is 1. The van der Waals surface area contributed by atoms with Crippen LogP contribution in [0.15, 0.2) is 88.1 Å². The molecule has 1 aromatic heterocycles. The molecule has 5 aromatic rings. The lowest BCUT2D eigenvalue weighted by molar-refractivity contribution is -0.0123. The standard InChI is InChI=1S/C32H26O10/c1-38-24-11-18(7-9-21(24)34)31-27(15-33)40-23-10-8-19(12-25(23)41-31)32-30(37)29(36)28-22(35)13-20(14-26(28)42-32)39-16-17-5-3-2-4-6-17/h2-14,27,31,33-35,37H,15-16H2,1H3. The van der Waals surface area contributed by atoms with Gasteiger partial charge in [-0.25, -0.2) is 0 Å². The van der Waals surface area contributed by atoms with Gasteiger partial charge in [0.2, 0.25) is 11.2 Å². The molecule has 10 heteroatoms. The topological polar surface area (TPSA) is 148 Å². The number of aliphatic hydroxyl groups excluding tert-OH is 1. The van der Waals surface area contributed by atoms with E-state index in [0.717, 1.165) is 5.56 Å². The van der Waals surface area contributed by atoms with Gasteiger partial charge in [0.15, 0.2) is 41.0 Å². The van der Waals surface area contributed by atoms with E-state index in [1.54, 1.807) is 24.3 Å². The van der Waals surface area contributed by atoms with Gasteiger partial charge in [0.05, 0.1) is 13.7 Å². The van der Waals surface area contributed by atoms with Crippen LogP contribution < -0.4 is 24.4 Å². The summed E-state index contributed by atoms with van der Waals surface area (Å²) in [6, 6.07) is 21.5. The molecule has 2 unspecified atom stereocenters. The van der Waals surface area contributed by atoms with E-state index in [1.807, 2.05) is 30.3 Å². The molecule has 0 fully saturated rings. The van der Waals surface area contributed by atoms with Crippen LogP contribution >= 0.6 is 0 Å².